The SMILES string of the molecule is Cc1nn(C)c(COC2(C)CCCNC2)c1Br. The Morgan fingerprint density at radius 2 is 2.35 bits per heavy atom. The van der Waals surface area contributed by atoms with Crippen LogP contribution in [0.15, 0.2) is 4.47 Å². The number of hydrogen-bond donors (Lipinski definition) is 1. The molecular formula is C12H20BrN3O. The first kappa shape index (κ1) is 13.1. The van der Waals surface area contributed by atoms with E-state index in [1.807, 2.05) is 18.7 Å². The fourth-order valence-corrected chi connectivity index (χ4v) is 2.68. The molecule has 1 aromatic heterocycles. The Kier molecular flexibility index (Phi) is 3.90. The molecule has 0 aromatic carbocycles. The zero-order valence-corrected chi connectivity index (χ0v) is 12.3. The van der Waals surface area contributed by atoms with Crippen molar-refractivity contribution in [3.05, 3.63) is 15.9 Å². The number of rotatable bonds is 3. The largest absolute Gasteiger partial charge is 0.368 e. The van der Waals surface area contributed by atoms with E-state index in [-0.39, 0.29) is 5.60 Å². The van der Waals surface area contributed by atoms with Crippen LogP contribution in [0.2, 0.25) is 0 Å². The molecular weight excluding hydrogens is 282 g/mol. The number of hydrogen-bond acceptors (Lipinski definition) is 3. The van der Waals surface area contributed by atoms with Crippen molar-refractivity contribution in [2.24, 2.45) is 7.05 Å². The first-order valence-corrected chi connectivity index (χ1v) is 6.84. The van der Waals surface area contributed by atoms with E-state index in [1.54, 1.807) is 0 Å². The smallest absolute Gasteiger partial charge is 0.0904 e. The van der Waals surface area contributed by atoms with Gasteiger partial charge >= 0.3 is 0 Å². The molecule has 4 nitrogen and oxygen atoms in total. The molecule has 1 fully saturated rings. The summed E-state index contributed by atoms with van der Waals surface area (Å²) in [7, 11) is 1.96. The van der Waals surface area contributed by atoms with Gasteiger partial charge in [0.15, 0.2) is 0 Å². The molecule has 5 heteroatoms. The highest BCUT2D eigenvalue weighted by Gasteiger charge is 2.28. The molecule has 0 amide bonds. The lowest BCUT2D eigenvalue weighted by atomic mass is 9.96. The van der Waals surface area contributed by atoms with Crippen LogP contribution in [-0.4, -0.2) is 28.5 Å². The Morgan fingerprint density at radius 1 is 1.59 bits per heavy atom. The second kappa shape index (κ2) is 5.08. The van der Waals surface area contributed by atoms with Crippen molar-refractivity contribution in [2.75, 3.05) is 13.1 Å². The Morgan fingerprint density at radius 3 is 2.88 bits per heavy atom. The number of nitrogens with zero attached hydrogens (tertiary/aromatic N) is 2. The van der Waals surface area contributed by atoms with Crippen molar-refractivity contribution in [2.45, 2.75) is 38.9 Å². The van der Waals surface area contributed by atoms with Crippen molar-refractivity contribution in [1.29, 1.82) is 0 Å². The Bertz CT molecular complexity index is 397. The normalized spacial score (nSPS) is 25.2. The molecule has 96 valence electrons. The topological polar surface area (TPSA) is 39.1 Å². The molecule has 0 spiro atoms. The third-order valence-corrected chi connectivity index (χ3v) is 4.41. The number of ether oxygens (including phenoxy) is 1. The Labute approximate surface area is 111 Å². The van der Waals surface area contributed by atoms with Crippen molar-refractivity contribution in [3.8, 4) is 0 Å². The molecule has 1 unspecified atom stereocenters. The van der Waals surface area contributed by atoms with E-state index in [1.165, 1.54) is 6.42 Å². The summed E-state index contributed by atoms with van der Waals surface area (Å²) < 4.78 is 9.03. The third kappa shape index (κ3) is 2.89. The first-order chi connectivity index (χ1) is 8.02. The summed E-state index contributed by atoms with van der Waals surface area (Å²) in [5.41, 5.74) is 2.07. The van der Waals surface area contributed by atoms with Gasteiger partial charge in [0.1, 0.15) is 0 Å². The molecule has 0 aliphatic carbocycles. The molecule has 1 aromatic rings. The molecule has 0 saturated carbocycles. The highest BCUT2D eigenvalue weighted by molar-refractivity contribution is 9.10. The van der Waals surface area contributed by atoms with E-state index in [9.17, 15) is 0 Å². The van der Waals surface area contributed by atoms with Crippen LogP contribution in [-0.2, 0) is 18.4 Å². The predicted molar refractivity (Wildman–Crippen MR) is 70.9 cm³/mol. The summed E-state index contributed by atoms with van der Waals surface area (Å²) >= 11 is 3.56. The van der Waals surface area contributed by atoms with Crippen LogP contribution >= 0.6 is 15.9 Å². The Hall–Kier alpha value is -0.390. The van der Waals surface area contributed by atoms with Crippen LogP contribution in [0.5, 0.6) is 0 Å². The molecule has 2 heterocycles. The molecule has 1 saturated heterocycles. The molecule has 0 radical (unpaired) electrons. The molecule has 2 rings (SSSR count). The number of halogens is 1. The summed E-state index contributed by atoms with van der Waals surface area (Å²) in [5, 5.41) is 7.76. The van der Waals surface area contributed by atoms with E-state index in [0.717, 1.165) is 35.4 Å². The van der Waals surface area contributed by atoms with Gasteiger partial charge in [-0.3, -0.25) is 4.68 Å². The highest BCUT2D eigenvalue weighted by atomic mass is 79.9. The van der Waals surface area contributed by atoms with Crippen molar-refractivity contribution < 1.29 is 4.74 Å². The van der Waals surface area contributed by atoms with Gasteiger partial charge in [-0.25, -0.2) is 0 Å². The second-order valence-electron chi connectivity index (χ2n) is 4.99. The van der Waals surface area contributed by atoms with E-state index in [4.69, 9.17) is 4.74 Å². The standard InChI is InChI=1S/C12H20BrN3O/c1-9-11(13)10(16(3)15-9)7-17-12(2)5-4-6-14-8-12/h14H,4-8H2,1-3H3. The average Bonchev–Trinajstić information content (AvgIpc) is 2.52. The van der Waals surface area contributed by atoms with Crippen LogP contribution in [0, 0.1) is 6.92 Å². The maximum absolute atomic E-state index is 6.08. The van der Waals surface area contributed by atoms with Crippen molar-refractivity contribution in [3.63, 3.8) is 0 Å². The highest BCUT2D eigenvalue weighted by Crippen LogP contribution is 2.25. The molecule has 1 aliphatic heterocycles. The zero-order valence-electron chi connectivity index (χ0n) is 10.7. The average molecular weight is 302 g/mol. The van der Waals surface area contributed by atoms with Crippen LogP contribution in [0.4, 0.5) is 0 Å². The molecule has 1 N–H and O–H groups in total. The summed E-state index contributed by atoms with van der Waals surface area (Å²) in [6, 6.07) is 0. The van der Waals surface area contributed by atoms with Gasteiger partial charge in [-0.1, -0.05) is 0 Å². The lowest BCUT2D eigenvalue weighted by Gasteiger charge is -2.34. The quantitative estimate of drug-likeness (QED) is 0.930. The minimum atomic E-state index is -0.0458. The number of nitrogens with one attached hydrogen (secondary N) is 1. The third-order valence-electron chi connectivity index (χ3n) is 3.38. The van der Waals surface area contributed by atoms with Gasteiger partial charge in [-0.05, 0) is 49.2 Å². The van der Waals surface area contributed by atoms with Gasteiger partial charge in [0.25, 0.3) is 0 Å². The fraction of sp³-hybridized carbons (Fsp3) is 0.750. The van der Waals surface area contributed by atoms with Crippen LogP contribution in [0.1, 0.15) is 31.2 Å². The maximum Gasteiger partial charge on any atom is 0.0904 e. The molecule has 0 bridgehead atoms. The predicted octanol–water partition coefficient (Wildman–Crippen LogP) is 2.15. The number of piperidine rings is 1. The zero-order chi connectivity index (χ0) is 12.5. The number of aromatic nitrogens is 2. The minimum Gasteiger partial charge on any atom is -0.368 e. The number of aryl methyl sites for hydroxylation is 2. The maximum atomic E-state index is 6.08. The summed E-state index contributed by atoms with van der Waals surface area (Å²) in [4.78, 5) is 0. The van der Waals surface area contributed by atoms with Gasteiger partial charge in [0.2, 0.25) is 0 Å². The van der Waals surface area contributed by atoms with E-state index >= 15 is 0 Å². The van der Waals surface area contributed by atoms with Gasteiger partial charge in [-0.2, -0.15) is 5.10 Å². The molecule has 1 aliphatic rings. The Balaban J connectivity index is 2.01. The van der Waals surface area contributed by atoms with Crippen LogP contribution in [0.25, 0.3) is 0 Å². The van der Waals surface area contributed by atoms with Crippen molar-refractivity contribution in [1.82, 2.24) is 15.1 Å². The van der Waals surface area contributed by atoms with E-state index < -0.39 is 0 Å². The monoisotopic (exact) mass is 301 g/mol. The van der Waals surface area contributed by atoms with Crippen molar-refractivity contribution >= 4 is 15.9 Å². The second-order valence-corrected chi connectivity index (χ2v) is 5.78. The lowest BCUT2D eigenvalue weighted by Crippen LogP contribution is -2.45. The van der Waals surface area contributed by atoms with Gasteiger partial charge < -0.3 is 10.1 Å². The van der Waals surface area contributed by atoms with Crippen LogP contribution in [0.3, 0.4) is 0 Å². The van der Waals surface area contributed by atoms with E-state index in [2.05, 4.69) is 33.3 Å². The summed E-state index contributed by atoms with van der Waals surface area (Å²) in [6.45, 7) is 6.82. The fourth-order valence-electron chi connectivity index (χ4n) is 2.23. The van der Waals surface area contributed by atoms with Gasteiger partial charge in [-0.15, -0.1) is 0 Å². The first-order valence-electron chi connectivity index (χ1n) is 6.04. The lowest BCUT2D eigenvalue weighted by molar-refractivity contribution is -0.0594. The van der Waals surface area contributed by atoms with Crippen LogP contribution < -0.4 is 5.32 Å². The summed E-state index contributed by atoms with van der Waals surface area (Å²) in [5.74, 6) is 0. The summed E-state index contributed by atoms with van der Waals surface area (Å²) in [6.07, 6.45) is 2.30. The van der Waals surface area contributed by atoms with Gasteiger partial charge in [0, 0.05) is 13.6 Å². The minimum absolute atomic E-state index is 0.0458. The van der Waals surface area contributed by atoms with Gasteiger partial charge in [0.05, 0.1) is 28.1 Å². The molecule has 1 atom stereocenters. The van der Waals surface area contributed by atoms with E-state index in [0.29, 0.717) is 6.61 Å². The molecule has 17 heavy (non-hydrogen) atoms.